The molecule has 5 heteroatoms. The van der Waals surface area contributed by atoms with Gasteiger partial charge in [0.2, 0.25) is 0 Å². The molecule has 1 rings (SSSR count). The number of nitrogens with zero attached hydrogens (tertiary/aromatic N) is 2. The number of rotatable bonds is 6. The van der Waals surface area contributed by atoms with Crippen LogP contribution in [0.1, 0.15) is 12.8 Å². The van der Waals surface area contributed by atoms with Crippen LogP contribution in [0.4, 0.5) is 0 Å². The van der Waals surface area contributed by atoms with Gasteiger partial charge in [-0.15, -0.1) is 0 Å². The van der Waals surface area contributed by atoms with Crippen molar-refractivity contribution < 1.29 is 9.90 Å². The molecule has 1 aliphatic rings. The van der Waals surface area contributed by atoms with Crippen molar-refractivity contribution in [2.24, 2.45) is 0 Å². The summed E-state index contributed by atoms with van der Waals surface area (Å²) in [5.74, 6) is 1.60. The highest BCUT2D eigenvalue weighted by atomic mass is 32.2. The summed E-state index contributed by atoms with van der Waals surface area (Å²) in [4.78, 5) is 15.1. The maximum Gasteiger partial charge on any atom is 0.317 e. The Hall–Kier alpha value is -0.260. The van der Waals surface area contributed by atoms with E-state index in [0.29, 0.717) is 6.04 Å². The Morgan fingerprint density at radius 2 is 2.19 bits per heavy atom. The first-order valence-electron chi connectivity index (χ1n) is 5.78. The first-order chi connectivity index (χ1) is 7.59. The number of carbonyl (C=O) groups is 1. The topological polar surface area (TPSA) is 43.8 Å². The van der Waals surface area contributed by atoms with Crippen LogP contribution >= 0.6 is 11.8 Å². The normalized spacial score (nSPS) is 21.6. The second kappa shape index (κ2) is 7.14. The molecule has 4 nitrogen and oxygen atoms in total. The fourth-order valence-electron chi connectivity index (χ4n) is 1.90. The molecule has 0 aliphatic carbocycles. The van der Waals surface area contributed by atoms with Crippen LogP contribution in [-0.2, 0) is 4.79 Å². The lowest BCUT2D eigenvalue weighted by Crippen LogP contribution is -2.45. The minimum Gasteiger partial charge on any atom is -0.480 e. The first kappa shape index (κ1) is 13.8. The molecule has 16 heavy (non-hydrogen) atoms. The minimum absolute atomic E-state index is 0.180. The van der Waals surface area contributed by atoms with E-state index >= 15 is 0 Å². The number of hydrogen-bond donors (Lipinski definition) is 1. The molecular weight excluding hydrogens is 224 g/mol. The molecule has 0 aromatic carbocycles. The van der Waals surface area contributed by atoms with E-state index in [1.165, 1.54) is 12.2 Å². The van der Waals surface area contributed by atoms with E-state index < -0.39 is 5.97 Å². The quantitative estimate of drug-likeness (QED) is 0.752. The molecule has 0 bridgehead atoms. The predicted octanol–water partition coefficient (Wildman–Crippen LogP) is 0.830. The fourth-order valence-corrected chi connectivity index (χ4v) is 3.09. The number of carboxylic acid groups (broad SMARTS) is 1. The van der Waals surface area contributed by atoms with Crippen molar-refractivity contribution in [1.82, 2.24) is 9.80 Å². The minimum atomic E-state index is -0.714. The van der Waals surface area contributed by atoms with Gasteiger partial charge in [0.15, 0.2) is 0 Å². The van der Waals surface area contributed by atoms with Crippen molar-refractivity contribution in [3.05, 3.63) is 0 Å². The van der Waals surface area contributed by atoms with Crippen molar-refractivity contribution >= 4 is 17.7 Å². The van der Waals surface area contributed by atoms with Gasteiger partial charge in [0.1, 0.15) is 0 Å². The Morgan fingerprint density at radius 1 is 1.44 bits per heavy atom. The first-order valence-corrected chi connectivity index (χ1v) is 6.93. The van der Waals surface area contributed by atoms with E-state index in [4.69, 9.17) is 5.11 Å². The predicted molar refractivity (Wildman–Crippen MR) is 68.1 cm³/mol. The zero-order chi connectivity index (χ0) is 12.0. The molecule has 0 saturated carbocycles. The number of carboxylic acids is 1. The molecule has 0 spiro atoms. The van der Waals surface area contributed by atoms with Crippen LogP contribution in [0.5, 0.6) is 0 Å². The van der Waals surface area contributed by atoms with Crippen LogP contribution in [0.3, 0.4) is 0 Å². The molecule has 1 aliphatic heterocycles. The molecule has 1 fully saturated rings. The van der Waals surface area contributed by atoms with E-state index in [-0.39, 0.29) is 6.54 Å². The monoisotopic (exact) mass is 246 g/mol. The third kappa shape index (κ3) is 5.18. The van der Waals surface area contributed by atoms with Gasteiger partial charge in [-0.1, -0.05) is 0 Å². The summed E-state index contributed by atoms with van der Waals surface area (Å²) in [5, 5.41) is 8.92. The Morgan fingerprint density at radius 3 is 2.69 bits per heavy atom. The third-order valence-electron chi connectivity index (χ3n) is 2.83. The van der Waals surface area contributed by atoms with Crippen LogP contribution in [0.25, 0.3) is 0 Å². The average molecular weight is 246 g/mol. The van der Waals surface area contributed by atoms with Gasteiger partial charge in [0.25, 0.3) is 0 Å². The molecule has 0 aromatic heterocycles. The summed E-state index contributed by atoms with van der Waals surface area (Å²) in [6, 6.07) is 0.454. The van der Waals surface area contributed by atoms with E-state index in [1.807, 2.05) is 25.9 Å². The van der Waals surface area contributed by atoms with Crippen LogP contribution < -0.4 is 0 Å². The van der Waals surface area contributed by atoms with Crippen molar-refractivity contribution in [3.8, 4) is 0 Å². The molecule has 1 atom stereocenters. The van der Waals surface area contributed by atoms with Crippen LogP contribution in [0.2, 0.25) is 0 Å². The number of likely N-dealkylation sites (N-methyl/N-ethyl adjacent to an activating group) is 1. The molecule has 1 N–H and O–H groups in total. The lowest BCUT2D eigenvalue weighted by atomic mass is 10.1. The van der Waals surface area contributed by atoms with E-state index in [0.717, 1.165) is 25.3 Å². The van der Waals surface area contributed by atoms with Crippen LogP contribution in [-0.4, -0.2) is 72.2 Å². The highest BCUT2D eigenvalue weighted by Gasteiger charge is 2.22. The van der Waals surface area contributed by atoms with E-state index in [2.05, 4.69) is 9.80 Å². The maximum absolute atomic E-state index is 10.8. The van der Waals surface area contributed by atoms with Crippen molar-refractivity contribution in [3.63, 3.8) is 0 Å². The fraction of sp³-hybridized carbons (Fsp3) is 0.909. The second-order valence-corrected chi connectivity index (χ2v) is 5.69. The highest BCUT2D eigenvalue weighted by Crippen LogP contribution is 2.21. The zero-order valence-corrected chi connectivity index (χ0v) is 11.0. The second-order valence-electron chi connectivity index (χ2n) is 4.54. The van der Waals surface area contributed by atoms with Gasteiger partial charge in [0, 0.05) is 24.9 Å². The summed E-state index contributed by atoms with van der Waals surface area (Å²) in [6.45, 7) is 1.96. The van der Waals surface area contributed by atoms with Crippen molar-refractivity contribution in [2.75, 3.05) is 45.2 Å². The Labute approximate surface area is 102 Å². The summed E-state index contributed by atoms with van der Waals surface area (Å²) >= 11 is 1.94. The number of aliphatic carboxylic acids is 1. The van der Waals surface area contributed by atoms with E-state index in [9.17, 15) is 4.79 Å². The lowest BCUT2D eigenvalue weighted by molar-refractivity contribution is -0.138. The number of hydrogen-bond acceptors (Lipinski definition) is 4. The molecule has 0 aromatic rings. The molecule has 0 radical (unpaired) electrons. The molecule has 1 saturated heterocycles. The summed E-state index contributed by atoms with van der Waals surface area (Å²) in [5.41, 5.74) is 0. The van der Waals surface area contributed by atoms with Crippen molar-refractivity contribution in [1.29, 1.82) is 0 Å². The SMILES string of the molecule is CN(C)CCN(CC(=O)O)C1CCCSC1. The van der Waals surface area contributed by atoms with Gasteiger partial charge in [-0.2, -0.15) is 11.8 Å². The molecular formula is C11H22N2O2S. The molecule has 1 heterocycles. The highest BCUT2D eigenvalue weighted by molar-refractivity contribution is 7.99. The van der Waals surface area contributed by atoms with E-state index in [1.54, 1.807) is 0 Å². The standard InChI is InChI=1S/C11H22N2O2S/c1-12(2)5-6-13(8-11(14)15)10-4-3-7-16-9-10/h10H,3-9H2,1-2H3,(H,14,15). The Bertz CT molecular complexity index is 218. The van der Waals surface area contributed by atoms with Crippen LogP contribution in [0, 0.1) is 0 Å². The smallest absolute Gasteiger partial charge is 0.317 e. The summed E-state index contributed by atoms with van der Waals surface area (Å²) in [6.07, 6.45) is 2.36. The van der Waals surface area contributed by atoms with Gasteiger partial charge >= 0.3 is 5.97 Å². The lowest BCUT2D eigenvalue weighted by Gasteiger charge is -2.33. The Kier molecular flexibility index (Phi) is 6.16. The number of thioether (sulfide) groups is 1. The van der Waals surface area contributed by atoms with Gasteiger partial charge in [-0.25, -0.2) is 0 Å². The average Bonchev–Trinajstić information content (AvgIpc) is 2.25. The molecule has 1 unspecified atom stereocenters. The Balaban J connectivity index is 2.44. The van der Waals surface area contributed by atoms with Gasteiger partial charge in [-0.05, 0) is 32.7 Å². The summed E-state index contributed by atoms with van der Waals surface area (Å²) < 4.78 is 0. The van der Waals surface area contributed by atoms with Crippen LogP contribution in [0.15, 0.2) is 0 Å². The maximum atomic E-state index is 10.8. The largest absolute Gasteiger partial charge is 0.480 e. The molecule has 94 valence electrons. The zero-order valence-electron chi connectivity index (χ0n) is 10.2. The van der Waals surface area contributed by atoms with Gasteiger partial charge < -0.3 is 10.0 Å². The summed E-state index contributed by atoms with van der Waals surface area (Å²) in [7, 11) is 4.04. The van der Waals surface area contributed by atoms with Crippen molar-refractivity contribution in [2.45, 2.75) is 18.9 Å². The van der Waals surface area contributed by atoms with Gasteiger partial charge in [-0.3, -0.25) is 9.69 Å². The van der Waals surface area contributed by atoms with Gasteiger partial charge in [0.05, 0.1) is 6.54 Å². The third-order valence-corrected chi connectivity index (χ3v) is 4.02. The molecule has 0 amide bonds.